The number of rotatable bonds is 5. The van der Waals surface area contributed by atoms with E-state index in [1.165, 1.54) is 0 Å². The molecular weight excluding hydrogens is 290 g/mol. The summed E-state index contributed by atoms with van der Waals surface area (Å²) in [5.41, 5.74) is -1.67. The van der Waals surface area contributed by atoms with Crippen LogP contribution in [0.25, 0.3) is 0 Å². The van der Waals surface area contributed by atoms with Crippen molar-refractivity contribution in [3.05, 3.63) is 27.0 Å². The summed E-state index contributed by atoms with van der Waals surface area (Å²) < 4.78 is 26.0. The van der Waals surface area contributed by atoms with Crippen LogP contribution in [-0.4, -0.2) is 35.4 Å². The fraction of sp³-hybridized carbons (Fsp3) is 0.600. The zero-order chi connectivity index (χ0) is 14.7. The predicted molar refractivity (Wildman–Crippen MR) is 75.1 cm³/mol. The Bertz CT molecular complexity index is 640. The highest BCUT2D eigenvalue weighted by Gasteiger charge is 2.18. The van der Waals surface area contributed by atoms with Crippen LogP contribution < -0.4 is 16.0 Å². The van der Waals surface area contributed by atoms with Gasteiger partial charge in [0.05, 0.1) is 0 Å². The maximum atomic E-state index is 11.8. The fourth-order valence-electron chi connectivity index (χ4n) is 1.21. The molecule has 9 heteroatoms. The molecule has 0 atom stereocenters. The molecule has 0 aliphatic carbocycles. The number of sulfonamides is 1. The normalized spacial score (nSPS) is 12.6. The molecule has 1 aromatic heterocycles. The van der Waals surface area contributed by atoms with Crippen LogP contribution in [0.4, 0.5) is 0 Å². The summed E-state index contributed by atoms with van der Waals surface area (Å²) in [7, 11) is -3.90. The van der Waals surface area contributed by atoms with Crippen molar-refractivity contribution in [3.8, 4) is 0 Å². The van der Waals surface area contributed by atoms with E-state index in [0.29, 0.717) is 5.75 Å². The second kappa shape index (κ2) is 5.93. The Kier molecular flexibility index (Phi) is 4.99. The molecule has 0 radical (unpaired) electrons. The summed E-state index contributed by atoms with van der Waals surface area (Å²) in [5, 5.41) is 0. The van der Waals surface area contributed by atoms with Gasteiger partial charge in [-0.25, -0.2) is 17.9 Å². The Morgan fingerprint density at radius 2 is 1.95 bits per heavy atom. The van der Waals surface area contributed by atoms with E-state index in [0.717, 1.165) is 6.20 Å². The number of aromatic nitrogens is 2. The molecule has 0 amide bonds. The van der Waals surface area contributed by atoms with Gasteiger partial charge in [-0.15, -0.1) is 0 Å². The zero-order valence-corrected chi connectivity index (χ0v) is 12.6. The van der Waals surface area contributed by atoms with Crippen LogP contribution in [-0.2, 0) is 10.0 Å². The summed E-state index contributed by atoms with van der Waals surface area (Å²) >= 11 is 1.61. The maximum Gasteiger partial charge on any atom is 0.325 e. The van der Waals surface area contributed by atoms with Gasteiger partial charge in [0.15, 0.2) is 4.90 Å². The molecule has 0 aliphatic heterocycles. The Labute approximate surface area is 115 Å². The van der Waals surface area contributed by atoms with Crippen molar-refractivity contribution in [1.29, 1.82) is 0 Å². The monoisotopic (exact) mass is 307 g/mol. The third-order valence-corrected chi connectivity index (χ3v) is 4.74. The molecule has 0 fully saturated rings. The van der Waals surface area contributed by atoms with E-state index in [9.17, 15) is 18.0 Å². The quantitative estimate of drug-likeness (QED) is 0.656. The highest BCUT2D eigenvalue weighted by Crippen LogP contribution is 2.22. The first kappa shape index (κ1) is 16.0. The van der Waals surface area contributed by atoms with E-state index < -0.39 is 26.2 Å². The molecule has 0 unspecified atom stereocenters. The third-order valence-electron chi connectivity index (χ3n) is 2.00. The number of aromatic amines is 2. The van der Waals surface area contributed by atoms with E-state index in [2.05, 4.69) is 9.71 Å². The van der Waals surface area contributed by atoms with Crippen molar-refractivity contribution >= 4 is 21.8 Å². The molecule has 0 saturated carbocycles. The average molecular weight is 307 g/mol. The molecule has 0 aliphatic rings. The van der Waals surface area contributed by atoms with Crippen LogP contribution in [0.5, 0.6) is 0 Å². The van der Waals surface area contributed by atoms with Crippen molar-refractivity contribution < 1.29 is 8.42 Å². The highest BCUT2D eigenvalue weighted by atomic mass is 32.2. The molecule has 0 saturated heterocycles. The van der Waals surface area contributed by atoms with Gasteiger partial charge in [-0.05, 0) is 0 Å². The largest absolute Gasteiger partial charge is 0.325 e. The summed E-state index contributed by atoms with van der Waals surface area (Å²) in [6.45, 7) is 6.29. The molecule has 1 rings (SSSR count). The third kappa shape index (κ3) is 5.21. The second-order valence-corrected chi connectivity index (χ2v) is 8.45. The smallest absolute Gasteiger partial charge is 0.313 e. The van der Waals surface area contributed by atoms with Crippen molar-refractivity contribution in [2.24, 2.45) is 0 Å². The molecule has 108 valence electrons. The first-order valence-electron chi connectivity index (χ1n) is 5.57. The topological polar surface area (TPSA) is 112 Å². The molecule has 0 spiro atoms. The van der Waals surface area contributed by atoms with Crippen molar-refractivity contribution in [3.63, 3.8) is 0 Å². The number of nitrogens with one attached hydrogen (secondary N) is 3. The molecular formula is C10H17N3O4S2. The van der Waals surface area contributed by atoms with Crippen LogP contribution in [0.1, 0.15) is 20.8 Å². The SMILES string of the molecule is CC(C)(C)SCCNS(=O)(=O)c1c[nH]c(=O)[nH]c1=O. The number of H-pyrrole nitrogens is 2. The lowest BCUT2D eigenvalue weighted by Gasteiger charge is -2.17. The number of hydrogen-bond acceptors (Lipinski definition) is 5. The molecule has 19 heavy (non-hydrogen) atoms. The summed E-state index contributed by atoms with van der Waals surface area (Å²) in [4.78, 5) is 25.7. The van der Waals surface area contributed by atoms with Crippen LogP contribution in [0.3, 0.4) is 0 Å². The van der Waals surface area contributed by atoms with Gasteiger partial charge < -0.3 is 4.98 Å². The predicted octanol–water partition coefficient (Wildman–Crippen LogP) is -0.127. The van der Waals surface area contributed by atoms with Gasteiger partial charge in [0, 0.05) is 23.2 Å². The Hall–Kier alpha value is -1.06. The summed E-state index contributed by atoms with van der Waals surface area (Å²) in [6, 6.07) is 0. The minimum Gasteiger partial charge on any atom is -0.313 e. The van der Waals surface area contributed by atoms with Crippen LogP contribution in [0.15, 0.2) is 20.7 Å². The van der Waals surface area contributed by atoms with Crippen molar-refractivity contribution in [2.45, 2.75) is 30.4 Å². The summed E-state index contributed by atoms with van der Waals surface area (Å²) in [5.74, 6) is 0.587. The van der Waals surface area contributed by atoms with E-state index >= 15 is 0 Å². The molecule has 7 nitrogen and oxygen atoms in total. The average Bonchev–Trinajstić information content (AvgIpc) is 2.22. The Morgan fingerprint density at radius 3 is 2.47 bits per heavy atom. The van der Waals surface area contributed by atoms with E-state index in [1.807, 2.05) is 25.8 Å². The Morgan fingerprint density at radius 1 is 1.32 bits per heavy atom. The molecule has 1 heterocycles. The second-order valence-electron chi connectivity index (χ2n) is 4.79. The molecule has 1 aromatic rings. The standard InChI is InChI=1S/C10H17N3O4S2/c1-10(2,3)18-5-4-12-19(16,17)7-6-11-9(15)13-8(7)14/h6,12H,4-5H2,1-3H3,(H2,11,13,14,15). The fourth-order valence-corrected chi connectivity index (χ4v) is 3.19. The van der Waals surface area contributed by atoms with Gasteiger partial charge in [-0.1, -0.05) is 20.8 Å². The van der Waals surface area contributed by atoms with E-state index in [4.69, 9.17) is 0 Å². The highest BCUT2D eigenvalue weighted by molar-refractivity contribution is 8.00. The summed E-state index contributed by atoms with van der Waals surface area (Å²) in [6.07, 6.45) is 0.889. The van der Waals surface area contributed by atoms with Gasteiger partial charge in [-0.3, -0.25) is 9.78 Å². The lowest BCUT2D eigenvalue weighted by atomic mass is 10.3. The molecule has 0 aromatic carbocycles. The van der Waals surface area contributed by atoms with Crippen molar-refractivity contribution in [1.82, 2.24) is 14.7 Å². The van der Waals surface area contributed by atoms with Crippen molar-refractivity contribution in [2.75, 3.05) is 12.3 Å². The maximum absolute atomic E-state index is 11.8. The minimum absolute atomic E-state index is 0.0426. The minimum atomic E-state index is -3.90. The van der Waals surface area contributed by atoms with Crippen LogP contribution in [0, 0.1) is 0 Å². The zero-order valence-electron chi connectivity index (χ0n) is 10.9. The lowest BCUT2D eigenvalue weighted by Crippen LogP contribution is -2.34. The van der Waals surface area contributed by atoms with Crippen LogP contribution in [0.2, 0.25) is 0 Å². The van der Waals surface area contributed by atoms with Gasteiger partial charge in [0.2, 0.25) is 10.0 Å². The number of thioether (sulfide) groups is 1. The van der Waals surface area contributed by atoms with E-state index in [-0.39, 0.29) is 11.3 Å². The van der Waals surface area contributed by atoms with Gasteiger partial charge in [0.25, 0.3) is 5.56 Å². The van der Waals surface area contributed by atoms with E-state index in [1.54, 1.807) is 11.8 Å². The lowest BCUT2D eigenvalue weighted by molar-refractivity contribution is 0.581. The van der Waals surface area contributed by atoms with Gasteiger partial charge >= 0.3 is 5.69 Å². The van der Waals surface area contributed by atoms with Gasteiger partial charge in [-0.2, -0.15) is 11.8 Å². The first-order chi connectivity index (χ1) is 8.62. The first-order valence-corrected chi connectivity index (χ1v) is 8.04. The molecule has 0 bridgehead atoms. The molecule has 3 N–H and O–H groups in total. The Balaban J connectivity index is 2.72. The van der Waals surface area contributed by atoms with Crippen LogP contribution >= 0.6 is 11.8 Å². The number of hydrogen-bond donors (Lipinski definition) is 3. The van der Waals surface area contributed by atoms with Gasteiger partial charge in [0.1, 0.15) is 0 Å².